The minimum atomic E-state index is -0.327. The van der Waals surface area contributed by atoms with Crippen molar-refractivity contribution in [3.8, 4) is 5.75 Å². The smallest absolute Gasteiger partial charge is 0.255 e. The molecule has 0 saturated carbocycles. The number of aromatic nitrogens is 2. The minimum absolute atomic E-state index is 0.0702. The van der Waals surface area contributed by atoms with Gasteiger partial charge in [-0.25, -0.2) is 0 Å². The van der Waals surface area contributed by atoms with Crippen LogP contribution in [0.5, 0.6) is 5.75 Å². The van der Waals surface area contributed by atoms with E-state index in [-0.39, 0.29) is 18.4 Å². The fourth-order valence-corrected chi connectivity index (χ4v) is 2.61. The highest BCUT2D eigenvalue weighted by molar-refractivity contribution is 5.98. The largest absolute Gasteiger partial charge is 0.493 e. The van der Waals surface area contributed by atoms with E-state index in [1.54, 1.807) is 24.3 Å². The zero-order chi connectivity index (χ0) is 18.9. The standard InChI is InChI=1S/C19H26N4O3/c1-4-26-17-9-6-5-8-16(17)19(25)21-13-18(24)20-10-7-11-23-15(3)12-14(2)22-23/h5-6,8-9,12H,4,7,10-11,13H2,1-3H3,(H,20,24)(H,21,25). The number of aryl methyl sites for hydroxylation is 3. The molecule has 0 fully saturated rings. The number of para-hydroxylation sites is 1. The van der Waals surface area contributed by atoms with E-state index >= 15 is 0 Å². The molecule has 0 radical (unpaired) electrons. The van der Waals surface area contributed by atoms with Crippen LogP contribution in [0.15, 0.2) is 30.3 Å². The summed E-state index contributed by atoms with van der Waals surface area (Å²) in [5, 5.41) is 9.80. The predicted octanol–water partition coefficient (Wildman–Crippen LogP) is 1.83. The number of hydrogen-bond donors (Lipinski definition) is 2. The van der Waals surface area contributed by atoms with Crippen molar-refractivity contribution in [2.45, 2.75) is 33.7 Å². The predicted molar refractivity (Wildman–Crippen MR) is 99.3 cm³/mol. The van der Waals surface area contributed by atoms with Crippen molar-refractivity contribution < 1.29 is 14.3 Å². The third kappa shape index (κ3) is 5.61. The Kier molecular flexibility index (Phi) is 7.20. The molecule has 2 aromatic rings. The quantitative estimate of drug-likeness (QED) is 0.670. The van der Waals surface area contributed by atoms with Crippen LogP contribution in [0, 0.1) is 13.8 Å². The maximum atomic E-state index is 12.2. The maximum Gasteiger partial charge on any atom is 0.255 e. The van der Waals surface area contributed by atoms with Gasteiger partial charge in [0.05, 0.1) is 24.4 Å². The lowest BCUT2D eigenvalue weighted by molar-refractivity contribution is -0.120. The Hall–Kier alpha value is -2.83. The summed E-state index contributed by atoms with van der Waals surface area (Å²) in [7, 11) is 0. The van der Waals surface area contributed by atoms with Crippen LogP contribution in [-0.2, 0) is 11.3 Å². The molecule has 1 aromatic heterocycles. The lowest BCUT2D eigenvalue weighted by Crippen LogP contribution is -2.37. The summed E-state index contributed by atoms with van der Waals surface area (Å²) >= 11 is 0. The number of amides is 2. The van der Waals surface area contributed by atoms with E-state index in [0.29, 0.717) is 24.5 Å². The molecule has 140 valence electrons. The van der Waals surface area contributed by atoms with Crippen LogP contribution in [-0.4, -0.2) is 41.3 Å². The topological polar surface area (TPSA) is 85.2 Å². The number of nitrogens with one attached hydrogen (secondary N) is 2. The summed E-state index contributed by atoms with van der Waals surface area (Å²) in [6.07, 6.45) is 0.773. The van der Waals surface area contributed by atoms with E-state index in [1.165, 1.54) is 0 Å². The second-order valence-electron chi connectivity index (χ2n) is 5.97. The van der Waals surface area contributed by atoms with Gasteiger partial charge in [0.15, 0.2) is 0 Å². The Morgan fingerprint density at radius 2 is 1.96 bits per heavy atom. The Morgan fingerprint density at radius 1 is 1.19 bits per heavy atom. The first kappa shape index (κ1) is 19.5. The number of hydrogen-bond acceptors (Lipinski definition) is 4. The van der Waals surface area contributed by atoms with E-state index < -0.39 is 0 Å². The van der Waals surface area contributed by atoms with Crippen molar-refractivity contribution in [1.82, 2.24) is 20.4 Å². The molecule has 7 nitrogen and oxygen atoms in total. The fourth-order valence-electron chi connectivity index (χ4n) is 2.61. The highest BCUT2D eigenvalue weighted by Crippen LogP contribution is 2.17. The molecule has 0 saturated heterocycles. The van der Waals surface area contributed by atoms with Gasteiger partial charge in [-0.2, -0.15) is 5.10 Å². The lowest BCUT2D eigenvalue weighted by atomic mass is 10.2. The van der Waals surface area contributed by atoms with Gasteiger partial charge < -0.3 is 15.4 Å². The van der Waals surface area contributed by atoms with Crippen LogP contribution in [0.4, 0.5) is 0 Å². The molecule has 0 unspecified atom stereocenters. The van der Waals surface area contributed by atoms with Crippen LogP contribution in [0.2, 0.25) is 0 Å². The fraction of sp³-hybridized carbons (Fsp3) is 0.421. The SMILES string of the molecule is CCOc1ccccc1C(=O)NCC(=O)NCCCn1nc(C)cc1C. The van der Waals surface area contributed by atoms with Gasteiger partial charge in [-0.05, 0) is 45.4 Å². The molecule has 2 amide bonds. The Balaban J connectivity index is 1.71. The molecule has 0 aliphatic carbocycles. The Bertz CT molecular complexity index is 755. The summed E-state index contributed by atoms with van der Waals surface area (Å²) in [6.45, 7) is 7.50. The van der Waals surface area contributed by atoms with Gasteiger partial charge in [-0.1, -0.05) is 12.1 Å². The van der Waals surface area contributed by atoms with Gasteiger partial charge in [0.1, 0.15) is 5.75 Å². The maximum absolute atomic E-state index is 12.2. The van der Waals surface area contributed by atoms with Crippen LogP contribution < -0.4 is 15.4 Å². The minimum Gasteiger partial charge on any atom is -0.493 e. The van der Waals surface area contributed by atoms with E-state index in [9.17, 15) is 9.59 Å². The molecule has 0 bridgehead atoms. The normalized spacial score (nSPS) is 10.4. The summed E-state index contributed by atoms with van der Waals surface area (Å²) in [4.78, 5) is 24.1. The van der Waals surface area contributed by atoms with Crippen molar-refractivity contribution >= 4 is 11.8 Å². The van der Waals surface area contributed by atoms with Crippen molar-refractivity contribution in [3.63, 3.8) is 0 Å². The number of rotatable bonds is 9. The second kappa shape index (κ2) is 9.60. The zero-order valence-electron chi connectivity index (χ0n) is 15.5. The van der Waals surface area contributed by atoms with E-state index in [2.05, 4.69) is 15.7 Å². The number of ether oxygens (including phenoxy) is 1. The van der Waals surface area contributed by atoms with E-state index in [1.807, 2.05) is 31.5 Å². The van der Waals surface area contributed by atoms with Crippen LogP contribution >= 0.6 is 0 Å². The number of nitrogens with zero attached hydrogens (tertiary/aromatic N) is 2. The summed E-state index contributed by atoms with van der Waals surface area (Å²) in [5.74, 6) is -0.0368. The molecule has 2 rings (SSSR count). The molecule has 0 spiro atoms. The third-order valence-corrected chi connectivity index (χ3v) is 3.81. The van der Waals surface area contributed by atoms with Crippen molar-refractivity contribution in [2.24, 2.45) is 0 Å². The van der Waals surface area contributed by atoms with Gasteiger partial charge in [0.2, 0.25) is 5.91 Å². The molecule has 1 aromatic carbocycles. The van der Waals surface area contributed by atoms with Crippen LogP contribution in [0.3, 0.4) is 0 Å². The molecule has 7 heteroatoms. The van der Waals surface area contributed by atoms with Crippen molar-refractivity contribution in [1.29, 1.82) is 0 Å². The average Bonchev–Trinajstić information content (AvgIpc) is 2.94. The Morgan fingerprint density at radius 3 is 2.65 bits per heavy atom. The third-order valence-electron chi connectivity index (χ3n) is 3.81. The second-order valence-corrected chi connectivity index (χ2v) is 5.97. The first-order valence-corrected chi connectivity index (χ1v) is 8.79. The summed E-state index contributed by atoms with van der Waals surface area (Å²) in [5.41, 5.74) is 2.52. The first-order chi connectivity index (χ1) is 12.5. The molecule has 0 aliphatic rings. The molecule has 26 heavy (non-hydrogen) atoms. The lowest BCUT2D eigenvalue weighted by Gasteiger charge is -2.11. The first-order valence-electron chi connectivity index (χ1n) is 8.79. The average molecular weight is 358 g/mol. The molecular weight excluding hydrogens is 332 g/mol. The molecule has 0 atom stereocenters. The van der Waals surface area contributed by atoms with Gasteiger partial charge in [-0.3, -0.25) is 14.3 Å². The summed E-state index contributed by atoms with van der Waals surface area (Å²) in [6, 6.07) is 8.99. The zero-order valence-corrected chi connectivity index (χ0v) is 15.5. The van der Waals surface area contributed by atoms with Gasteiger partial charge in [0.25, 0.3) is 5.91 Å². The van der Waals surface area contributed by atoms with Crippen LogP contribution in [0.25, 0.3) is 0 Å². The number of carbonyl (C=O) groups excluding carboxylic acids is 2. The molecule has 2 N–H and O–H groups in total. The highest BCUT2D eigenvalue weighted by atomic mass is 16.5. The van der Waals surface area contributed by atoms with Crippen molar-refractivity contribution in [3.05, 3.63) is 47.3 Å². The molecule has 1 heterocycles. The van der Waals surface area contributed by atoms with Gasteiger partial charge >= 0.3 is 0 Å². The number of carbonyl (C=O) groups is 2. The monoisotopic (exact) mass is 358 g/mol. The Labute approximate surface area is 153 Å². The summed E-state index contributed by atoms with van der Waals surface area (Å²) < 4.78 is 7.35. The van der Waals surface area contributed by atoms with Gasteiger partial charge in [0, 0.05) is 18.8 Å². The van der Waals surface area contributed by atoms with Gasteiger partial charge in [-0.15, -0.1) is 0 Å². The van der Waals surface area contributed by atoms with Crippen molar-refractivity contribution in [2.75, 3.05) is 19.7 Å². The molecule has 0 aliphatic heterocycles. The number of benzene rings is 1. The highest BCUT2D eigenvalue weighted by Gasteiger charge is 2.12. The van der Waals surface area contributed by atoms with Crippen LogP contribution in [0.1, 0.15) is 35.1 Å². The van der Waals surface area contributed by atoms with E-state index in [0.717, 1.165) is 24.4 Å². The van der Waals surface area contributed by atoms with E-state index in [4.69, 9.17) is 4.74 Å². The molecular formula is C19H26N4O3.